The first kappa shape index (κ1) is 8.89. The third-order valence-electron chi connectivity index (χ3n) is 2.77. The summed E-state index contributed by atoms with van der Waals surface area (Å²) in [6.45, 7) is 4.16. The van der Waals surface area contributed by atoms with Crippen molar-refractivity contribution >= 4 is 11.6 Å². The first-order chi connectivity index (χ1) is 6.17. The van der Waals surface area contributed by atoms with E-state index in [0.29, 0.717) is 0 Å². The number of alkyl halides is 1. The van der Waals surface area contributed by atoms with Gasteiger partial charge >= 0.3 is 0 Å². The van der Waals surface area contributed by atoms with Crippen LogP contribution in [0.5, 0.6) is 5.75 Å². The number of rotatable bonds is 1. The molecule has 0 fully saturated rings. The van der Waals surface area contributed by atoms with Gasteiger partial charge in [0.2, 0.25) is 0 Å². The quantitative estimate of drug-likeness (QED) is 0.625. The maximum absolute atomic E-state index is 6.33. The highest BCUT2D eigenvalue weighted by molar-refractivity contribution is 6.22. The molecule has 0 amide bonds. The number of fused-ring (bicyclic) bond motifs is 1. The van der Waals surface area contributed by atoms with Crippen LogP contribution in [0.25, 0.3) is 0 Å². The van der Waals surface area contributed by atoms with E-state index in [9.17, 15) is 0 Å². The van der Waals surface area contributed by atoms with Crippen LogP contribution in [0.1, 0.15) is 31.2 Å². The average molecular weight is 197 g/mol. The summed E-state index contributed by atoms with van der Waals surface area (Å²) in [5.41, 5.74) is 0.888. The molecule has 2 rings (SSSR count). The van der Waals surface area contributed by atoms with Gasteiger partial charge < -0.3 is 4.74 Å². The van der Waals surface area contributed by atoms with Crippen LogP contribution in [0.15, 0.2) is 24.3 Å². The molecule has 0 radical (unpaired) electrons. The molecule has 2 heteroatoms. The first-order valence-corrected chi connectivity index (χ1v) is 5.03. The van der Waals surface area contributed by atoms with Crippen molar-refractivity contribution in [1.82, 2.24) is 0 Å². The molecule has 2 atom stereocenters. The maximum Gasteiger partial charge on any atom is 0.126 e. The van der Waals surface area contributed by atoms with E-state index < -0.39 is 0 Å². The summed E-state index contributed by atoms with van der Waals surface area (Å²) in [7, 11) is 0. The Morgan fingerprint density at radius 2 is 2.15 bits per heavy atom. The predicted molar refractivity (Wildman–Crippen MR) is 54.4 cm³/mol. The average Bonchev–Trinajstić information content (AvgIpc) is 2.41. The molecule has 0 bridgehead atoms. The summed E-state index contributed by atoms with van der Waals surface area (Å²) < 4.78 is 5.82. The minimum Gasteiger partial charge on any atom is -0.485 e. The van der Waals surface area contributed by atoms with E-state index in [2.05, 4.69) is 13.8 Å². The number of benzene rings is 1. The summed E-state index contributed by atoms with van der Waals surface area (Å²) in [6.07, 6.45) is 0.926. The molecule has 1 aromatic carbocycles. The van der Waals surface area contributed by atoms with Crippen LogP contribution in [0, 0.1) is 0 Å². The van der Waals surface area contributed by atoms with Gasteiger partial charge in [-0.05, 0) is 19.4 Å². The Hall–Kier alpha value is -0.690. The molecule has 2 unspecified atom stereocenters. The number of ether oxygens (including phenoxy) is 1. The minimum atomic E-state index is -0.231. The van der Waals surface area contributed by atoms with Crippen LogP contribution in [-0.2, 0) is 0 Å². The summed E-state index contributed by atoms with van der Waals surface area (Å²) in [5.74, 6) is 0.937. The molecular formula is C11H13ClO. The molecule has 0 spiro atoms. The van der Waals surface area contributed by atoms with Gasteiger partial charge in [-0.3, -0.25) is 0 Å². The van der Waals surface area contributed by atoms with Crippen molar-refractivity contribution < 1.29 is 4.74 Å². The standard InChI is InChI=1S/C11H13ClO/c1-3-11(2)10(12)8-6-4-5-7-9(8)13-11/h4-7,10H,3H2,1-2H3. The van der Waals surface area contributed by atoms with Crippen LogP contribution in [0.3, 0.4) is 0 Å². The van der Waals surface area contributed by atoms with E-state index in [1.807, 2.05) is 24.3 Å². The molecule has 1 aromatic rings. The Balaban J connectivity index is 2.43. The Bertz CT molecular complexity index is 324. The maximum atomic E-state index is 6.33. The monoisotopic (exact) mass is 196 g/mol. The van der Waals surface area contributed by atoms with E-state index >= 15 is 0 Å². The van der Waals surface area contributed by atoms with E-state index in [1.165, 1.54) is 0 Å². The molecule has 1 heterocycles. The van der Waals surface area contributed by atoms with E-state index in [-0.39, 0.29) is 11.0 Å². The van der Waals surface area contributed by atoms with Crippen molar-refractivity contribution in [3.8, 4) is 5.75 Å². The third-order valence-corrected chi connectivity index (χ3v) is 3.47. The molecule has 1 aliphatic heterocycles. The van der Waals surface area contributed by atoms with E-state index in [1.54, 1.807) is 0 Å². The van der Waals surface area contributed by atoms with Crippen LogP contribution in [-0.4, -0.2) is 5.60 Å². The number of hydrogen-bond donors (Lipinski definition) is 0. The van der Waals surface area contributed by atoms with Gasteiger partial charge in [0.05, 0.1) is 0 Å². The Labute approximate surface area is 83.7 Å². The van der Waals surface area contributed by atoms with Gasteiger partial charge in [-0.1, -0.05) is 25.1 Å². The molecule has 70 valence electrons. The summed E-state index contributed by atoms with van der Waals surface area (Å²) in [6, 6.07) is 7.99. The van der Waals surface area contributed by atoms with Gasteiger partial charge in [0, 0.05) is 5.56 Å². The molecule has 0 saturated carbocycles. The molecule has 1 aliphatic rings. The van der Waals surface area contributed by atoms with Crippen LogP contribution in [0.2, 0.25) is 0 Å². The summed E-state index contributed by atoms with van der Waals surface area (Å²) in [4.78, 5) is 0. The Kier molecular flexibility index (Phi) is 1.99. The number of hydrogen-bond acceptors (Lipinski definition) is 1. The Morgan fingerprint density at radius 3 is 2.77 bits per heavy atom. The third kappa shape index (κ3) is 1.22. The van der Waals surface area contributed by atoms with Gasteiger partial charge in [-0.2, -0.15) is 0 Å². The van der Waals surface area contributed by atoms with Gasteiger partial charge in [-0.25, -0.2) is 0 Å². The highest BCUT2D eigenvalue weighted by Crippen LogP contribution is 2.48. The fourth-order valence-corrected chi connectivity index (χ4v) is 2.05. The lowest BCUT2D eigenvalue weighted by atomic mass is 9.96. The molecule has 1 nitrogen and oxygen atoms in total. The van der Waals surface area contributed by atoms with Gasteiger partial charge in [-0.15, -0.1) is 11.6 Å². The van der Waals surface area contributed by atoms with Crippen LogP contribution >= 0.6 is 11.6 Å². The molecule has 0 saturated heterocycles. The SMILES string of the molecule is CCC1(C)Oc2ccccc2C1Cl. The van der Waals surface area contributed by atoms with E-state index in [4.69, 9.17) is 16.3 Å². The number of para-hydroxylation sites is 1. The summed E-state index contributed by atoms with van der Waals surface area (Å²) >= 11 is 6.33. The van der Waals surface area contributed by atoms with Gasteiger partial charge in [0.1, 0.15) is 16.7 Å². The zero-order valence-corrected chi connectivity index (χ0v) is 8.64. The van der Waals surface area contributed by atoms with Crippen LogP contribution in [0.4, 0.5) is 0 Å². The van der Waals surface area contributed by atoms with Gasteiger partial charge in [0.25, 0.3) is 0 Å². The highest BCUT2D eigenvalue weighted by atomic mass is 35.5. The van der Waals surface area contributed by atoms with E-state index in [0.717, 1.165) is 17.7 Å². The lowest BCUT2D eigenvalue weighted by Crippen LogP contribution is -2.30. The van der Waals surface area contributed by atoms with Crippen molar-refractivity contribution in [3.05, 3.63) is 29.8 Å². The topological polar surface area (TPSA) is 9.23 Å². The summed E-state index contributed by atoms with van der Waals surface area (Å²) in [5, 5.41) is -0.0197. The van der Waals surface area contributed by atoms with Crippen molar-refractivity contribution in [2.45, 2.75) is 31.2 Å². The largest absolute Gasteiger partial charge is 0.485 e. The van der Waals surface area contributed by atoms with Crippen molar-refractivity contribution in [2.75, 3.05) is 0 Å². The van der Waals surface area contributed by atoms with Crippen LogP contribution < -0.4 is 4.74 Å². The zero-order chi connectivity index (χ0) is 9.47. The fourth-order valence-electron chi connectivity index (χ4n) is 1.67. The van der Waals surface area contributed by atoms with Gasteiger partial charge in [0.15, 0.2) is 0 Å². The lowest BCUT2D eigenvalue weighted by Gasteiger charge is -2.25. The highest BCUT2D eigenvalue weighted by Gasteiger charge is 2.41. The predicted octanol–water partition coefficient (Wildman–Crippen LogP) is 3.53. The Morgan fingerprint density at radius 1 is 1.46 bits per heavy atom. The molecule has 0 aromatic heterocycles. The molecule has 0 N–H and O–H groups in total. The second-order valence-electron chi connectivity index (χ2n) is 3.67. The molecule has 13 heavy (non-hydrogen) atoms. The smallest absolute Gasteiger partial charge is 0.126 e. The molecule has 0 aliphatic carbocycles. The van der Waals surface area contributed by atoms with Crippen molar-refractivity contribution in [2.24, 2.45) is 0 Å². The first-order valence-electron chi connectivity index (χ1n) is 4.59. The second kappa shape index (κ2) is 2.91. The fraction of sp³-hybridized carbons (Fsp3) is 0.455. The minimum absolute atomic E-state index is 0.0197. The number of halogens is 1. The lowest BCUT2D eigenvalue weighted by molar-refractivity contribution is 0.107. The normalized spacial score (nSPS) is 31.2. The molecular weight excluding hydrogens is 184 g/mol. The zero-order valence-electron chi connectivity index (χ0n) is 7.88. The van der Waals surface area contributed by atoms with Crippen molar-refractivity contribution in [1.29, 1.82) is 0 Å². The van der Waals surface area contributed by atoms with Crippen molar-refractivity contribution in [3.63, 3.8) is 0 Å². The second-order valence-corrected chi connectivity index (χ2v) is 4.11.